The van der Waals surface area contributed by atoms with Crippen molar-refractivity contribution in [2.45, 2.75) is 6.42 Å². The molecule has 126 valence electrons. The number of carboxylic acids is 1. The quantitative estimate of drug-likeness (QED) is 0.820. The molecule has 24 heavy (non-hydrogen) atoms. The van der Waals surface area contributed by atoms with Gasteiger partial charge in [-0.25, -0.2) is 9.97 Å². The summed E-state index contributed by atoms with van der Waals surface area (Å²) in [5.41, 5.74) is 0. The lowest BCUT2D eigenvalue weighted by atomic mass is 9.82. The molecule has 4 rings (SSSR count). The Morgan fingerprint density at radius 1 is 1.00 bits per heavy atom. The average Bonchev–Trinajstić information content (AvgIpc) is 3.23. The normalized spacial score (nSPS) is 31.5. The summed E-state index contributed by atoms with van der Waals surface area (Å²) in [5, 5.41) is 9.51. The van der Waals surface area contributed by atoms with Gasteiger partial charge in [0.1, 0.15) is 0 Å². The van der Waals surface area contributed by atoms with E-state index in [4.69, 9.17) is 0 Å². The molecule has 2 fully saturated rings. The molecule has 1 aromatic heterocycles. The highest BCUT2D eigenvalue weighted by atomic mass is 16.4. The Morgan fingerprint density at radius 3 is 2.25 bits per heavy atom. The van der Waals surface area contributed by atoms with Crippen molar-refractivity contribution in [2.75, 3.05) is 31.1 Å². The van der Waals surface area contributed by atoms with Crippen molar-refractivity contribution in [1.29, 1.82) is 0 Å². The zero-order valence-corrected chi connectivity index (χ0v) is 13.3. The van der Waals surface area contributed by atoms with Crippen molar-refractivity contribution < 1.29 is 14.7 Å². The van der Waals surface area contributed by atoms with Gasteiger partial charge < -0.3 is 14.9 Å². The van der Waals surface area contributed by atoms with Gasteiger partial charge in [0.15, 0.2) is 0 Å². The van der Waals surface area contributed by atoms with Crippen LogP contribution >= 0.6 is 0 Å². The van der Waals surface area contributed by atoms with Crippen molar-refractivity contribution in [3.8, 4) is 0 Å². The lowest BCUT2D eigenvalue weighted by molar-refractivity contribution is -0.151. The largest absolute Gasteiger partial charge is 0.481 e. The number of rotatable bonds is 3. The molecule has 2 heterocycles. The second-order valence-corrected chi connectivity index (χ2v) is 6.70. The van der Waals surface area contributed by atoms with E-state index in [1.807, 2.05) is 17.1 Å². The van der Waals surface area contributed by atoms with E-state index in [0.717, 1.165) is 6.42 Å². The van der Waals surface area contributed by atoms with Gasteiger partial charge in [-0.15, -0.1) is 0 Å². The first-order valence-electron chi connectivity index (χ1n) is 8.37. The number of piperazine rings is 1. The summed E-state index contributed by atoms with van der Waals surface area (Å²) in [5.74, 6) is -1.05. The monoisotopic (exact) mass is 328 g/mol. The predicted octanol–water partition coefficient (Wildman–Crippen LogP) is 0.648. The van der Waals surface area contributed by atoms with E-state index in [-0.39, 0.29) is 17.7 Å². The van der Waals surface area contributed by atoms with Crippen molar-refractivity contribution in [2.24, 2.45) is 23.7 Å². The lowest BCUT2D eigenvalue weighted by Gasteiger charge is -2.37. The maximum Gasteiger partial charge on any atom is 0.307 e. The summed E-state index contributed by atoms with van der Waals surface area (Å²) in [6, 6.07) is 1.78. The summed E-state index contributed by atoms with van der Waals surface area (Å²) in [4.78, 5) is 36.9. The molecule has 1 aliphatic heterocycles. The minimum absolute atomic E-state index is 0.00659. The SMILES string of the molecule is O=C(O)[C@@H]1[C@H](C(=O)N2CCN(c3ncccn3)CC2)[C@@H]2C=C[C@@H]1C2. The van der Waals surface area contributed by atoms with Gasteiger partial charge in [-0.2, -0.15) is 0 Å². The van der Waals surface area contributed by atoms with E-state index in [2.05, 4.69) is 14.9 Å². The minimum Gasteiger partial charge on any atom is -0.481 e. The van der Waals surface area contributed by atoms with Crippen LogP contribution in [0.4, 0.5) is 5.95 Å². The molecular formula is C17H20N4O3. The second kappa shape index (κ2) is 5.89. The fourth-order valence-electron chi connectivity index (χ4n) is 4.29. The van der Waals surface area contributed by atoms with E-state index in [1.165, 1.54) is 0 Å². The molecule has 7 nitrogen and oxygen atoms in total. The van der Waals surface area contributed by atoms with Crippen LogP contribution in [-0.2, 0) is 9.59 Å². The van der Waals surface area contributed by atoms with Crippen LogP contribution in [-0.4, -0.2) is 58.0 Å². The topological polar surface area (TPSA) is 86.6 Å². The Balaban J connectivity index is 1.43. The van der Waals surface area contributed by atoms with Gasteiger partial charge in [0.25, 0.3) is 0 Å². The number of aliphatic carboxylic acids is 1. The molecule has 0 spiro atoms. The number of fused-ring (bicyclic) bond motifs is 2. The predicted molar refractivity (Wildman–Crippen MR) is 86.2 cm³/mol. The summed E-state index contributed by atoms with van der Waals surface area (Å²) in [6.45, 7) is 2.51. The van der Waals surface area contributed by atoms with Crippen LogP contribution in [0.2, 0.25) is 0 Å². The standard InChI is InChI=1S/C17H20N4O3/c22-15(13-11-2-3-12(10-11)14(13)16(23)24)20-6-8-21(9-7-20)17-18-4-1-5-19-17/h1-5,11-14H,6-10H2,(H,23,24)/t11-,12-,13-,14+/m1/s1. The Morgan fingerprint density at radius 2 is 1.62 bits per heavy atom. The summed E-state index contributed by atoms with van der Waals surface area (Å²) in [7, 11) is 0. The fourth-order valence-corrected chi connectivity index (χ4v) is 4.29. The van der Waals surface area contributed by atoms with E-state index < -0.39 is 17.8 Å². The highest BCUT2D eigenvalue weighted by Crippen LogP contribution is 2.48. The molecule has 7 heteroatoms. The van der Waals surface area contributed by atoms with E-state index >= 15 is 0 Å². The van der Waals surface area contributed by atoms with E-state index in [0.29, 0.717) is 32.1 Å². The average molecular weight is 328 g/mol. The van der Waals surface area contributed by atoms with Crippen molar-refractivity contribution in [1.82, 2.24) is 14.9 Å². The number of allylic oxidation sites excluding steroid dienone is 2. The third-order valence-electron chi connectivity index (χ3n) is 5.46. The smallest absolute Gasteiger partial charge is 0.307 e. The van der Waals surface area contributed by atoms with Crippen LogP contribution in [0.1, 0.15) is 6.42 Å². The zero-order chi connectivity index (χ0) is 16.7. The van der Waals surface area contributed by atoms with E-state index in [9.17, 15) is 14.7 Å². The number of anilines is 1. The maximum absolute atomic E-state index is 12.9. The summed E-state index contributed by atoms with van der Waals surface area (Å²) >= 11 is 0. The maximum atomic E-state index is 12.9. The van der Waals surface area contributed by atoms with Crippen LogP contribution in [0.3, 0.4) is 0 Å². The number of amides is 1. The number of carbonyl (C=O) groups is 2. The molecule has 0 unspecified atom stereocenters. The number of nitrogens with zero attached hydrogens (tertiary/aromatic N) is 4. The molecule has 2 aliphatic carbocycles. The molecule has 1 amide bonds. The Bertz CT molecular complexity index is 670. The Hall–Kier alpha value is -2.44. The van der Waals surface area contributed by atoms with Gasteiger partial charge >= 0.3 is 5.97 Å². The van der Waals surface area contributed by atoms with Gasteiger partial charge in [0.2, 0.25) is 11.9 Å². The third kappa shape index (κ3) is 2.44. The third-order valence-corrected chi connectivity index (χ3v) is 5.46. The van der Waals surface area contributed by atoms with Gasteiger partial charge in [-0.1, -0.05) is 12.2 Å². The molecule has 0 radical (unpaired) electrons. The van der Waals surface area contributed by atoms with Gasteiger partial charge in [-0.3, -0.25) is 9.59 Å². The Kier molecular flexibility index (Phi) is 3.70. The van der Waals surface area contributed by atoms with Gasteiger partial charge in [0, 0.05) is 38.6 Å². The molecule has 1 saturated heterocycles. The number of hydrogen-bond donors (Lipinski definition) is 1. The number of carbonyl (C=O) groups excluding carboxylic acids is 1. The summed E-state index contributed by atoms with van der Waals surface area (Å²) < 4.78 is 0. The molecule has 3 aliphatic rings. The number of hydrogen-bond acceptors (Lipinski definition) is 5. The number of aromatic nitrogens is 2. The minimum atomic E-state index is -0.846. The molecule has 1 aromatic rings. The molecule has 1 saturated carbocycles. The number of carboxylic acid groups (broad SMARTS) is 1. The van der Waals surface area contributed by atoms with Crippen molar-refractivity contribution >= 4 is 17.8 Å². The van der Waals surface area contributed by atoms with Crippen molar-refractivity contribution in [3.63, 3.8) is 0 Å². The highest BCUT2D eigenvalue weighted by molar-refractivity contribution is 5.87. The van der Waals surface area contributed by atoms with Gasteiger partial charge in [0.05, 0.1) is 11.8 Å². The first-order valence-corrected chi connectivity index (χ1v) is 8.37. The molecule has 1 N–H and O–H groups in total. The van der Waals surface area contributed by atoms with Crippen LogP contribution in [0.5, 0.6) is 0 Å². The first-order chi connectivity index (χ1) is 11.6. The fraction of sp³-hybridized carbons (Fsp3) is 0.529. The van der Waals surface area contributed by atoms with Crippen molar-refractivity contribution in [3.05, 3.63) is 30.6 Å². The van der Waals surface area contributed by atoms with Gasteiger partial charge in [-0.05, 0) is 24.3 Å². The van der Waals surface area contributed by atoms with Crippen LogP contribution in [0, 0.1) is 23.7 Å². The highest BCUT2D eigenvalue weighted by Gasteiger charge is 2.52. The first kappa shape index (κ1) is 15.1. The zero-order valence-electron chi connectivity index (χ0n) is 13.3. The van der Waals surface area contributed by atoms with E-state index in [1.54, 1.807) is 18.5 Å². The molecule has 0 aromatic carbocycles. The van der Waals surface area contributed by atoms with Crippen LogP contribution in [0.25, 0.3) is 0 Å². The molecule has 2 bridgehead atoms. The lowest BCUT2D eigenvalue weighted by Crippen LogP contribution is -2.52. The molecule has 4 atom stereocenters. The Labute approximate surface area is 140 Å². The molecular weight excluding hydrogens is 308 g/mol. The van der Waals surface area contributed by atoms with Crippen LogP contribution in [0.15, 0.2) is 30.6 Å². The summed E-state index contributed by atoms with van der Waals surface area (Å²) in [6.07, 6.45) is 8.21. The van der Waals surface area contributed by atoms with Crippen LogP contribution < -0.4 is 4.90 Å². The second-order valence-electron chi connectivity index (χ2n) is 6.70.